The molecule has 0 aromatic heterocycles. The molecular formula is C15H19F3N2O2. The summed E-state index contributed by atoms with van der Waals surface area (Å²) in [4.78, 5) is 13.7. The monoisotopic (exact) mass is 316 g/mol. The van der Waals surface area contributed by atoms with Crippen LogP contribution in [0.5, 0.6) is 0 Å². The van der Waals surface area contributed by atoms with E-state index >= 15 is 0 Å². The molecule has 1 aromatic carbocycles. The molecule has 0 bridgehead atoms. The second kappa shape index (κ2) is 5.79. The molecule has 0 spiro atoms. The quantitative estimate of drug-likeness (QED) is 0.878. The lowest BCUT2D eigenvalue weighted by Crippen LogP contribution is -2.49. The number of carbonyl (C=O) groups is 1. The van der Waals surface area contributed by atoms with Gasteiger partial charge < -0.3 is 15.3 Å². The second-order valence-corrected chi connectivity index (χ2v) is 6.01. The van der Waals surface area contributed by atoms with Crippen molar-refractivity contribution in [3.63, 3.8) is 0 Å². The van der Waals surface area contributed by atoms with Gasteiger partial charge in [0, 0.05) is 12.2 Å². The third-order valence-electron chi connectivity index (χ3n) is 3.77. The number of halogens is 3. The maximum absolute atomic E-state index is 12.7. The molecule has 1 aromatic rings. The zero-order chi connectivity index (χ0) is 16.5. The molecule has 7 heteroatoms. The van der Waals surface area contributed by atoms with E-state index in [1.807, 2.05) is 0 Å². The molecule has 2 N–H and O–H groups in total. The normalized spacial score (nSPS) is 19.4. The van der Waals surface area contributed by atoms with Gasteiger partial charge in [0.2, 0.25) is 0 Å². The lowest BCUT2D eigenvalue weighted by atomic mass is 9.97. The Balaban J connectivity index is 2.12. The fourth-order valence-electron chi connectivity index (χ4n) is 2.71. The second-order valence-electron chi connectivity index (χ2n) is 6.01. The van der Waals surface area contributed by atoms with Crippen LogP contribution in [0.3, 0.4) is 0 Å². The number of alkyl halides is 3. The van der Waals surface area contributed by atoms with E-state index in [-0.39, 0.29) is 11.7 Å². The Morgan fingerprint density at radius 3 is 2.64 bits per heavy atom. The molecule has 122 valence electrons. The molecule has 1 fully saturated rings. The number of hydrogen-bond acceptors (Lipinski definition) is 2. The van der Waals surface area contributed by atoms with Crippen molar-refractivity contribution in [1.82, 2.24) is 4.90 Å². The minimum Gasteiger partial charge on any atom is -0.388 e. The van der Waals surface area contributed by atoms with E-state index in [0.29, 0.717) is 13.0 Å². The Morgan fingerprint density at radius 2 is 2.05 bits per heavy atom. The summed E-state index contributed by atoms with van der Waals surface area (Å²) < 4.78 is 38.0. The summed E-state index contributed by atoms with van der Waals surface area (Å²) in [6.45, 7) is 3.71. The third kappa shape index (κ3) is 3.71. The van der Waals surface area contributed by atoms with Crippen molar-refractivity contribution in [2.45, 2.75) is 44.5 Å². The lowest BCUT2D eigenvalue weighted by molar-refractivity contribution is -0.137. The average Bonchev–Trinajstić information content (AvgIpc) is 2.87. The average molecular weight is 316 g/mol. The van der Waals surface area contributed by atoms with E-state index in [9.17, 15) is 23.1 Å². The summed E-state index contributed by atoms with van der Waals surface area (Å²) in [5.41, 5.74) is -1.78. The Kier molecular flexibility index (Phi) is 4.37. The molecule has 0 radical (unpaired) electrons. The molecule has 1 aliphatic rings. The van der Waals surface area contributed by atoms with Gasteiger partial charge in [-0.05, 0) is 44.9 Å². The van der Waals surface area contributed by atoms with E-state index in [2.05, 4.69) is 5.32 Å². The summed E-state index contributed by atoms with van der Waals surface area (Å²) in [5.74, 6) is 0. The minimum absolute atomic E-state index is 0.0845. The number of hydrogen-bond donors (Lipinski definition) is 2. The number of anilines is 1. The number of urea groups is 1. The summed E-state index contributed by atoms with van der Waals surface area (Å²) in [6, 6.07) is 3.65. The molecule has 1 heterocycles. The topological polar surface area (TPSA) is 52.6 Å². The van der Waals surface area contributed by atoms with Crippen molar-refractivity contribution in [2.24, 2.45) is 0 Å². The molecule has 22 heavy (non-hydrogen) atoms. The van der Waals surface area contributed by atoms with Crippen molar-refractivity contribution in [3.8, 4) is 0 Å². The predicted octanol–water partition coefficient (Wildman–Crippen LogP) is 3.47. The molecule has 1 unspecified atom stereocenters. The van der Waals surface area contributed by atoms with Crippen LogP contribution in [0, 0.1) is 0 Å². The molecule has 1 atom stereocenters. The first-order chi connectivity index (χ1) is 10.1. The van der Waals surface area contributed by atoms with Gasteiger partial charge in [-0.3, -0.25) is 0 Å². The van der Waals surface area contributed by atoms with Gasteiger partial charge in [0.15, 0.2) is 0 Å². The number of likely N-dealkylation sites (tertiary alicyclic amines) is 1. The first kappa shape index (κ1) is 16.6. The van der Waals surface area contributed by atoms with Crippen LogP contribution in [-0.4, -0.2) is 34.2 Å². The number of aliphatic hydroxyl groups is 1. The van der Waals surface area contributed by atoms with E-state index in [4.69, 9.17) is 0 Å². The summed E-state index contributed by atoms with van der Waals surface area (Å²) in [6.07, 6.45) is -3.03. The Hall–Kier alpha value is -1.76. The first-order valence-corrected chi connectivity index (χ1v) is 7.06. The third-order valence-corrected chi connectivity index (χ3v) is 3.77. The zero-order valence-corrected chi connectivity index (χ0v) is 12.4. The molecule has 1 saturated heterocycles. The molecule has 1 aliphatic heterocycles. The summed E-state index contributed by atoms with van der Waals surface area (Å²) >= 11 is 0. The van der Waals surface area contributed by atoms with Gasteiger partial charge in [0.1, 0.15) is 0 Å². The fourth-order valence-corrected chi connectivity index (χ4v) is 2.71. The van der Waals surface area contributed by atoms with Crippen molar-refractivity contribution >= 4 is 11.7 Å². The van der Waals surface area contributed by atoms with Crippen molar-refractivity contribution < 1.29 is 23.1 Å². The molecule has 0 aliphatic carbocycles. The minimum atomic E-state index is -4.45. The van der Waals surface area contributed by atoms with Crippen LogP contribution in [0.1, 0.15) is 32.3 Å². The van der Waals surface area contributed by atoms with Crippen LogP contribution in [0.2, 0.25) is 0 Å². The van der Waals surface area contributed by atoms with Crippen molar-refractivity contribution in [3.05, 3.63) is 29.8 Å². The summed E-state index contributed by atoms with van der Waals surface area (Å²) in [5, 5.41) is 12.6. The highest BCUT2D eigenvalue weighted by atomic mass is 19.4. The first-order valence-electron chi connectivity index (χ1n) is 7.06. The van der Waals surface area contributed by atoms with E-state index in [0.717, 1.165) is 18.6 Å². The Morgan fingerprint density at radius 1 is 1.36 bits per heavy atom. The van der Waals surface area contributed by atoms with Gasteiger partial charge in [-0.1, -0.05) is 6.07 Å². The smallest absolute Gasteiger partial charge is 0.388 e. The van der Waals surface area contributed by atoms with Gasteiger partial charge in [-0.15, -0.1) is 0 Å². The lowest BCUT2D eigenvalue weighted by Gasteiger charge is -2.33. The van der Waals surface area contributed by atoms with E-state index in [1.54, 1.807) is 13.8 Å². The van der Waals surface area contributed by atoms with Gasteiger partial charge in [-0.2, -0.15) is 13.2 Å². The molecule has 2 amide bonds. The highest BCUT2D eigenvalue weighted by Crippen LogP contribution is 2.31. The number of amides is 2. The van der Waals surface area contributed by atoms with E-state index in [1.165, 1.54) is 17.0 Å². The van der Waals surface area contributed by atoms with Crippen molar-refractivity contribution in [2.75, 3.05) is 11.9 Å². The van der Waals surface area contributed by atoms with Crippen LogP contribution in [0.25, 0.3) is 0 Å². The maximum atomic E-state index is 12.7. The standard InChI is InChI=1S/C15H19F3N2O2/c1-14(2,22)12-7-4-8-20(12)13(21)19-11-6-3-5-10(9-11)15(16,17)18/h3,5-6,9,12,22H,4,7-8H2,1-2H3,(H,19,21). The van der Waals surface area contributed by atoms with E-state index < -0.39 is 23.4 Å². The van der Waals surface area contributed by atoms with Gasteiger partial charge in [-0.25, -0.2) is 4.79 Å². The Bertz CT molecular complexity index is 552. The largest absolute Gasteiger partial charge is 0.416 e. The number of nitrogens with one attached hydrogen (secondary N) is 1. The number of rotatable bonds is 2. The Labute approximate surface area is 126 Å². The van der Waals surface area contributed by atoms with Gasteiger partial charge >= 0.3 is 12.2 Å². The zero-order valence-electron chi connectivity index (χ0n) is 12.4. The maximum Gasteiger partial charge on any atom is 0.416 e. The van der Waals surface area contributed by atoms with Crippen LogP contribution in [-0.2, 0) is 6.18 Å². The van der Waals surface area contributed by atoms with Gasteiger partial charge in [0.25, 0.3) is 0 Å². The highest BCUT2D eigenvalue weighted by molar-refractivity contribution is 5.89. The number of carbonyl (C=O) groups excluding carboxylic acids is 1. The van der Waals surface area contributed by atoms with Crippen LogP contribution in [0.15, 0.2) is 24.3 Å². The van der Waals surface area contributed by atoms with Crippen LogP contribution < -0.4 is 5.32 Å². The molecule has 0 saturated carbocycles. The number of nitrogens with zero attached hydrogens (tertiary/aromatic N) is 1. The van der Waals surface area contributed by atoms with Crippen LogP contribution in [0.4, 0.5) is 23.7 Å². The predicted molar refractivity (Wildman–Crippen MR) is 76.5 cm³/mol. The SMILES string of the molecule is CC(C)(O)C1CCCN1C(=O)Nc1cccc(C(F)(F)F)c1. The molecule has 4 nitrogen and oxygen atoms in total. The highest BCUT2D eigenvalue weighted by Gasteiger charge is 2.38. The van der Waals surface area contributed by atoms with Crippen LogP contribution >= 0.6 is 0 Å². The fraction of sp³-hybridized carbons (Fsp3) is 0.533. The van der Waals surface area contributed by atoms with Crippen molar-refractivity contribution in [1.29, 1.82) is 0 Å². The summed E-state index contributed by atoms with van der Waals surface area (Å²) in [7, 11) is 0. The van der Waals surface area contributed by atoms with Gasteiger partial charge in [0.05, 0.1) is 17.2 Å². The molecule has 2 rings (SSSR count). The molecular weight excluding hydrogens is 297 g/mol. The number of benzene rings is 1.